The van der Waals surface area contributed by atoms with E-state index in [1.54, 1.807) is 0 Å². The Labute approximate surface area is 92.1 Å². The van der Waals surface area contributed by atoms with E-state index in [4.69, 9.17) is 9.47 Å². The second kappa shape index (κ2) is 8.65. The molecule has 0 atom stereocenters. The smallest absolute Gasteiger partial charge is 0.0689 e. The van der Waals surface area contributed by atoms with Gasteiger partial charge in [0.05, 0.1) is 26.4 Å². The van der Waals surface area contributed by atoms with E-state index in [1.165, 1.54) is 5.57 Å². The van der Waals surface area contributed by atoms with Crippen LogP contribution in [0.2, 0.25) is 0 Å². The van der Waals surface area contributed by atoms with Crippen LogP contribution in [0.4, 0.5) is 0 Å². The second-order valence-corrected chi connectivity index (χ2v) is 3.57. The summed E-state index contributed by atoms with van der Waals surface area (Å²) < 4.78 is 10.7. The Morgan fingerprint density at radius 3 is 3.20 bits per heavy atom. The lowest BCUT2D eigenvalue weighted by atomic mass is 10.2. The van der Waals surface area contributed by atoms with Crippen LogP contribution in [0.25, 0.3) is 0 Å². The van der Waals surface area contributed by atoms with Gasteiger partial charge in [0.15, 0.2) is 0 Å². The summed E-state index contributed by atoms with van der Waals surface area (Å²) >= 11 is 0. The van der Waals surface area contributed by atoms with Gasteiger partial charge in [0.2, 0.25) is 0 Å². The molecule has 0 bridgehead atoms. The third kappa shape index (κ3) is 6.44. The van der Waals surface area contributed by atoms with Crippen LogP contribution in [0.5, 0.6) is 0 Å². The number of rotatable bonds is 8. The van der Waals surface area contributed by atoms with Gasteiger partial charge >= 0.3 is 0 Å². The maximum Gasteiger partial charge on any atom is 0.0689 e. The third-order valence-electron chi connectivity index (χ3n) is 2.22. The van der Waals surface area contributed by atoms with E-state index in [9.17, 15) is 0 Å². The summed E-state index contributed by atoms with van der Waals surface area (Å²) in [5.74, 6) is 0. The molecule has 0 spiro atoms. The number of ether oxygens (including phenoxy) is 2. The Bertz CT molecular complexity index is 202. The van der Waals surface area contributed by atoms with Crippen molar-refractivity contribution >= 4 is 0 Å². The molecule has 0 fully saturated rings. The Morgan fingerprint density at radius 1 is 1.53 bits per heavy atom. The van der Waals surface area contributed by atoms with Crippen molar-refractivity contribution in [1.82, 2.24) is 5.32 Å². The lowest BCUT2D eigenvalue weighted by Crippen LogP contribution is -2.25. The van der Waals surface area contributed by atoms with E-state index >= 15 is 0 Å². The van der Waals surface area contributed by atoms with Gasteiger partial charge in [0.25, 0.3) is 0 Å². The lowest BCUT2D eigenvalue weighted by molar-refractivity contribution is 0.137. The summed E-state index contributed by atoms with van der Waals surface area (Å²) in [7, 11) is 0. The van der Waals surface area contributed by atoms with Crippen LogP contribution in [0.3, 0.4) is 0 Å². The summed E-state index contributed by atoms with van der Waals surface area (Å²) in [5.41, 5.74) is 1.35. The van der Waals surface area contributed by atoms with Gasteiger partial charge in [-0.15, -0.1) is 6.58 Å². The summed E-state index contributed by atoms with van der Waals surface area (Å²) in [6, 6.07) is 0. The predicted molar refractivity (Wildman–Crippen MR) is 62.0 cm³/mol. The van der Waals surface area contributed by atoms with Crippen molar-refractivity contribution in [2.75, 3.05) is 39.5 Å². The number of hydrogen-bond donors (Lipinski definition) is 1. The minimum atomic E-state index is 0.766. The van der Waals surface area contributed by atoms with Crippen molar-refractivity contribution in [2.24, 2.45) is 0 Å². The van der Waals surface area contributed by atoms with Gasteiger partial charge in [-0.05, 0) is 18.4 Å². The molecule has 1 aliphatic heterocycles. The molecular weight excluding hydrogens is 190 g/mol. The molecule has 3 nitrogen and oxygen atoms in total. The normalized spacial score (nSPS) is 16.1. The largest absolute Gasteiger partial charge is 0.380 e. The summed E-state index contributed by atoms with van der Waals surface area (Å²) in [6.45, 7) is 8.65. The first-order valence-corrected chi connectivity index (χ1v) is 5.58. The van der Waals surface area contributed by atoms with Crippen molar-refractivity contribution in [3.8, 4) is 0 Å². The molecule has 1 heterocycles. The van der Waals surface area contributed by atoms with Crippen LogP contribution in [-0.2, 0) is 9.47 Å². The fourth-order valence-electron chi connectivity index (χ4n) is 1.39. The molecule has 0 saturated heterocycles. The fourth-order valence-corrected chi connectivity index (χ4v) is 1.39. The van der Waals surface area contributed by atoms with Gasteiger partial charge in [-0.25, -0.2) is 0 Å². The summed E-state index contributed by atoms with van der Waals surface area (Å²) in [4.78, 5) is 0. The van der Waals surface area contributed by atoms with Gasteiger partial charge in [-0.3, -0.25) is 0 Å². The second-order valence-electron chi connectivity index (χ2n) is 3.57. The highest BCUT2D eigenvalue weighted by atomic mass is 16.5. The van der Waals surface area contributed by atoms with Crippen LogP contribution >= 0.6 is 0 Å². The molecule has 0 radical (unpaired) electrons. The Morgan fingerprint density at radius 2 is 2.47 bits per heavy atom. The van der Waals surface area contributed by atoms with E-state index in [0.717, 1.165) is 52.4 Å². The minimum Gasteiger partial charge on any atom is -0.380 e. The first-order valence-electron chi connectivity index (χ1n) is 5.58. The van der Waals surface area contributed by atoms with Gasteiger partial charge in [0, 0.05) is 13.1 Å². The number of nitrogens with one attached hydrogen (secondary N) is 1. The molecule has 0 aromatic carbocycles. The van der Waals surface area contributed by atoms with Crippen LogP contribution in [0, 0.1) is 0 Å². The first kappa shape index (κ1) is 12.4. The van der Waals surface area contributed by atoms with Crippen molar-refractivity contribution in [1.29, 1.82) is 0 Å². The minimum absolute atomic E-state index is 0.766. The van der Waals surface area contributed by atoms with Gasteiger partial charge in [-0.2, -0.15) is 0 Å². The van der Waals surface area contributed by atoms with Crippen molar-refractivity contribution in [2.45, 2.75) is 12.8 Å². The van der Waals surface area contributed by atoms with E-state index in [1.807, 2.05) is 6.08 Å². The van der Waals surface area contributed by atoms with E-state index in [2.05, 4.69) is 18.0 Å². The molecule has 0 unspecified atom stereocenters. The molecule has 1 aliphatic rings. The highest BCUT2D eigenvalue weighted by Gasteiger charge is 2.02. The molecule has 3 heteroatoms. The molecule has 86 valence electrons. The van der Waals surface area contributed by atoms with E-state index in [-0.39, 0.29) is 0 Å². The van der Waals surface area contributed by atoms with E-state index < -0.39 is 0 Å². The van der Waals surface area contributed by atoms with Crippen molar-refractivity contribution in [3.63, 3.8) is 0 Å². The van der Waals surface area contributed by atoms with Crippen molar-refractivity contribution in [3.05, 3.63) is 24.3 Å². The topological polar surface area (TPSA) is 30.5 Å². The molecule has 0 amide bonds. The fraction of sp³-hybridized carbons (Fsp3) is 0.667. The van der Waals surface area contributed by atoms with Crippen LogP contribution in [0.1, 0.15) is 12.8 Å². The molecular formula is C12H21NO2. The molecule has 0 aliphatic carbocycles. The average molecular weight is 211 g/mol. The zero-order valence-electron chi connectivity index (χ0n) is 9.34. The van der Waals surface area contributed by atoms with Crippen LogP contribution < -0.4 is 5.32 Å². The van der Waals surface area contributed by atoms with Crippen LogP contribution in [0.15, 0.2) is 24.3 Å². The Hall–Kier alpha value is -0.640. The maximum atomic E-state index is 5.38. The SMILES string of the molecule is C=CCCOCCNCC1=CCCOC1. The highest BCUT2D eigenvalue weighted by molar-refractivity contribution is 5.06. The Balaban J connectivity index is 1.88. The highest BCUT2D eigenvalue weighted by Crippen LogP contribution is 2.03. The van der Waals surface area contributed by atoms with Gasteiger partial charge in [0.1, 0.15) is 0 Å². The maximum absolute atomic E-state index is 5.38. The monoisotopic (exact) mass is 211 g/mol. The molecule has 15 heavy (non-hydrogen) atoms. The Kier molecular flexibility index (Phi) is 7.17. The van der Waals surface area contributed by atoms with Crippen LogP contribution in [-0.4, -0.2) is 39.5 Å². The zero-order chi connectivity index (χ0) is 10.8. The molecule has 0 saturated carbocycles. The van der Waals surface area contributed by atoms with Gasteiger partial charge < -0.3 is 14.8 Å². The summed E-state index contributed by atoms with van der Waals surface area (Å²) in [6.07, 6.45) is 6.11. The number of hydrogen-bond acceptors (Lipinski definition) is 3. The molecule has 0 aromatic rings. The summed E-state index contributed by atoms with van der Waals surface area (Å²) in [5, 5.41) is 3.33. The average Bonchev–Trinajstić information content (AvgIpc) is 2.29. The molecule has 1 N–H and O–H groups in total. The zero-order valence-corrected chi connectivity index (χ0v) is 9.34. The molecule has 1 rings (SSSR count). The van der Waals surface area contributed by atoms with Gasteiger partial charge in [-0.1, -0.05) is 12.2 Å². The van der Waals surface area contributed by atoms with Crippen molar-refractivity contribution < 1.29 is 9.47 Å². The lowest BCUT2D eigenvalue weighted by Gasteiger charge is -2.14. The predicted octanol–water partition coefficient (Wildman–Crippen LogP) is 1.52. The molecule has 0 aromatic heterocycles. The van der Waals surface area contributed by atoms with E-state index in [0.29, 0.717) is 0 Å². The first-order chi connectivity index (χ1) is 7.43. The quantitative estimate of drug-likeness (QED) is 0.488. The third-order valence-corrected chi connectivity index (χ3v) is 2.22. The standard InChI is InChI=1S/C12H21NO2/c1-2-3-7-14-9-6-13-10-12-5-4-8-15-11-12/h2,5,13H,1,3-4,6-11H2.